The average molecular weight is 314 g/mol. The Bertz CT molecular complexity index is 565. The van der Waals surface area contributed by atoms with E-state index in [0.717, 1.165) is 0 Å². The Labute approximate surface area is 139 Å². The van der Waals surface area contributed by atoms with Crippen LogP contribution in [0.3, 0.4) is 0 Å². The van der Waals surface area contributed by atoms with Crippen LogP contribution in [0.25, 0.3) is 6.08 Å². The van der Waals surface area contributed by atoms with Gasteiger partial charge in [-0.25, -0.2) is 0 Å². The van der Waals surface area contributed by atoms with Crippen molar-refractivity contribution >= 4 is 24.4 Å². The van der Waals surface area contributed by atoms with Crippen LogP contribution in [0.4, 0.5) is 5.69 Å². The van der Waals surface area contributed by atoms with Crippen molar-refractivity contribution in [1.82, 2.24) is 4.90 Å². The lowest BCUT2D eigenvalue weighted by molar-refractivity contribution is 0.407. The SMILES string of the molecule is CN1CCC(N2CCCCc3cc(/C=C/C=C\S)ccc32)C1. The highest BCUT2D eigenvalue weighted by molar-refractivity contribution is 7.83. The van der Waals surface area contributed by atoms with Crippen LogP contribution in [-0.4, -0.2) is 37.6 Å². The van der Waals surface area contributed by atoms with E-state index in [9.17, 15) is 0 Å². The molecule has 0 radical (unpaired) electrons. The molecule has 0 amide bonds. The highest BCUT2D eigenvalue weighted by atomic mass is 32.1. The van der Waals surface area contributed by atoms with Gasteiger partial charge in [0.1, 0.15) is 0 Å². The molecule has 22 heavy (non-hydrogen) atoms. The second-order valence-corrected chi connectivity index (χ2v) is 6.74. The van der Waals surface area contributed by atoms with Crippen molar-refractivity contribution in [1.29, 1.82) is 0 Å². The Hall–Kier alpha value is -1.19. The van der Waals surface area contributed by atoms with Crippen molar-refractivity contribution in [2.75, 3.05) is 31.6 Å². The van der Waals surface area contributed by atoms with Gasteiger partial charge in [0.25, 0.3) is 0 Å². The molecule has 0 saturated carbocycles. The number of thiol groups is 1. The Morgan fingerprint density at radius 1 is 1.18 bits per heavy atom. The standard InChI is InChI=1S/C19H26N2S/c1-20-12-10-18(15-20)21-11-4-2-7-17-14-16(6-3-5-13-22)8-9-19(17)21/h3,5-6,8-9,13-14,18,22H,2,4,7,10-12,15H2,1H3/b6-3+,13-5-. The molecule has 2 aliphatic rings. The lowest BCUT2D eigenvalue weighted by Gasteiger charge is -2.31. The monoisotopic (exact) mass is 314 g/mol. The molecule has 3 rings (SSSR count). The molecule has 1 fully saturated rings. The molecule has 0 aliphatic carbocycles. The van der Waals surface area contributed by atoms with Crippen molar-refractivity contribution in [3.8, 4) is 0 Å². The number of nitrogens with zero attached hydrogens (tertiary/aromatic N) is 2. The minimum atomic E-state index is 0.690. The van der Waals surface area contributed by atoms with Gasteiger partial charge < -0.3 is 9.80 Å². The molecular weight excluding hydrogens is 288 g/mol. The summed E-state index contributed by atoms with van der Waals surface area (Å²) in [5.41, 5.74) is 4.28. The van der Waals surface area contributed by atoms with E-state index < -0.39 is 0 Å². The number of hydrogen-bond acceptors (Lipinski definition) is 3. The van der Waals surface area contributed by atoms with Gasteiger partial charge in [-0.3, -0.25) is 0 Å². The fourth-order valence-electron chi connectivity index (χ4n) is 3.67. The number of benzene rings is 1. The average Bonchev–Trinajstić information content (AvgIpc) is 2.83. The Morgan fingerprint density at radius 3 is 2.86 bits per heavy atom. The summed E-state index contributed by atoms with van der Waals surface area (Å²) in [5, 5.41) is 1.76. The van der Waals surface area contributed by atoms with Gasteiger partial charge in [-0.1, -0.05) is 24.3 Å². The summed E-state index contributed by atoms with van der Waals surface area (Å²) >= 11 is 4.09. The molecule has 1 unspecified atom stereocenters. The predicted octanol–water partition coefficient (Wildman–Crippen LogP) is 3.99. The first-order valence-corrected chi connectivity index (χ1v) is 8.85. The molecule has 2 nitrogen and oxygen atoms in total. The fourth-order valence-corrected chi connectivity index (χ4v) is 3.77. The molecule has 118 valence electrons. The fraction of sp³-hybridized carbons (Fsp3) is 0.474. The minimum Gasteiger partial charge on any atom is -0.367 e. The number of hydrogen-bond donors (Lipinski definition) is 1. The third kappa shape index (κ3) is 3.58. The van der Waals surface area contributed by atoms with Gasteiger partial charge in [-0.15, -0.1) is 0 Å². The van der Waals surface area contributed by atoms with Crippen LogP contribution in [0.2, 0.25) is 0 Å². The molecule has 2 heterocycles. The molecule has 1 saturated heterocycles. The van der Waals surface area contributed by atoms with E-state index in [1.54, 1.807) is 5.41 Å². The van der Waals surface area contributed by atoms with Crippen molar-refractivity contribution in [3.63, 3.8) is 0 Å². The molecule has 0 N–H and O–H groups in total. The molecule has 3 heteroatoms. The maximum Gasteiger partial charge on any atom is 0.0429 e. The number of aryl methyl sites for hydroxylation is 1. The van der Waals surface area contributed by atoms with E-state index in [-0.39, 0.29) is 0 Å². The lowest BCUT2D eigenvalue weighted by Crippen LogP contribution is -2.37. The summed E-state index contributed by atoms with van der Waals surface area (Å²) in [5.74, 6) is 0. The van der Waals surface area contributed by atoms with Crippen LogP contribution in [-0.2, 0) is 6.42 Å². The van der Waals surface area contributed by atoms with E-state index >= 15 is 0 Å². The van der Waals surface area contributed by atoms with Gasteiger partial charge in [0, 0.05) is 24.8 Å². The highest BCUT2D eigenvalue weighted by Gasteiger charge is 2.28. The minimum absolute atomic E-state index is 0.690. The molecule has 2 aliphatic heterocycles. The van der Waals surface area contributed by atoms with Gasteiger partial charge in [0.05, 0.1) is 0 Å². The first kappa shape index (κ1) is 15.7. The molecule has 1 aromatic carbocycles. The first-order chi connectivity index (χ1) is 10.8. The lowest BCUT2D eigenvalue weighted by atomic mass is 10.0. The number of fused-ring (bicyclic) bond motifs is 1. The van der Waals surface area contributed by atoms with E-state index in [1.807, 2.05) is 6.08 Å². The predicted molar refractivity (Wildman–Crippen MR) is 99.8 cm³/mol. The summed E-state index contributed by atoms with van der Waals surface area (Å²) in [6.07, 6.45) is 11.3. The van der Waals surface area contributed by atoms with Gasteiger partial charge >= 0.3 is 0 Å². The zero-order valence-electron chi connectivity index (χ0n) is 13.4. The number of anilines is 1. The summed E-state index contributed by atoms with van der Waals surface area (Å²) in [6, 6.07) is 7.65. The molecule has 0 spiro atoms. The summed E-state index contributed by atoms with van der Waals surface area (Å²) in [7, 11) is 2.24. The van der Waals surface area contributed by atoms with Gasteiger partial charge in [-0.2, -0.15) is 12.6 Å². The van der Waals surface area contributed by atoms with Crippen molar-refractivity contribution in [2.24, 2.45) is 0 Å². The molecule has 0 aromatic heterocycles. The topological polar surface area (TPSA) is 6.48 Å². The molecular formula is C19H26N2S. The van der Waals surface area contributed by atoms with Gasteiger partial charge in [0.15, 0.2) is 0 Å². The van der Waals surface area contributed by atoms with E-state index in [2.05, 4.69) is 59.8 Å². The summed E-state index contributed by atoms with van der Waals surface area (Å²) < 4.78 is 0. The second-order valence-electron chi connectivity index (χ2n) is 6.44. The quantitative estimate of drug-likeness (QED) is 0.666. The smallest absolute Gasteiger partial charge is 0.0429 e. The number of likely N-dealkylation sites (tertiary alicyclic amines) is 1. The normalized spacial score (nSPS) is 23.4. The van der Waals surface area contributed by atoms with Crippen LogP contribution in [0.5, 0.6) is 0 Å². The zero-order valence-corrected chi connectivity index (χ0v) is 14.3. The molecule has 1 aromatic rings. The van der Waals surface area contributed by atoms with Gasteiger partial charge in [0.2, 0.25) is 0 Å². The van der Waals surface area contributed by atoms with Crippen LogP contribution in [0.1, 0.15) is 30.4 Å². The maximum absolute atomic E-state index is 4.09. The maximum atomic E-state index is 4.09. The van der Waals surface area contributed by atoms with E-state index in [0.29, 0.717) is 6.04 Å². The number of rotatable bonds is 3. The third-order valence-corrected chi connectivity index (χ3v) is 4.97. The van der Waals surface area contributed by atoms with Crippen molar-refractivity contribution in [2.45, 2.75) is 31.7 Å². The van der Waals surface area contributed by atoms with Gasteiger partial charge in [-0.05, 0) is 67.9 Å². The van der Waals surface area contributed by atoms with E-state index in [1.165, 1.54) is 62.1 Å². The van der Waals surface area contributed by atoms with Crippen LogP contribution >= 0.6 is 12.6 Å². The van der Waals surface area contributed by atoms with Crippen molar-refractivity contribution in [3.05, 3.63) is 46.9 Å². The molecule has 1 atom stereocenters. The van der Waals surface area contributed by atoms with E-state index in [4.69, 9.17) is 0 Å². The largest absolute Gasteiger partial charge is 0.367 e. The van der Waals surface area contributed by atoms with Crippen LogP contribution in [0, 0.1) is 0 Å². The second kappa shape index (κ2) is 7.38. The Kier molecular flexibility index (Phi) is 5.27. The zero-order chi connectivity index (χ0) is 15.4. The molecule has 0 bridgehead atoms. The van der Waals surface area contributed by atoms with Crippen LogP contribution < -0.4 is 4.90 Å². The van der Waals surface area contributed by atoms with Crippen LogP contribution in [0.15, 0.2) is 35.8 Å². The van der Waals surface area contributed by atoms with Crippen molar-refractivity contribution < 1.29 is 0 Å². The highest BCUT2D eigenvalue weighted by Crippen LogP contribution is 2.31. The third-order valence-electron chi connectivity index (χ3n) is 4.80. The summed E-state index contributed by atoms with van der Waals surface area (Å²) in [6.45, 7) is 3.64. The number of likely N-dealkylation sites (N-methyl/N-ethyl adjacent to an activating group) is 1. The summed E-state index contributed by atoms with van der Waals surface area (Å²) in [4.78, 5) is 5.13. The Balaban J connectivity index is 1.85. The Morgan fingerprint density at radius 2 is 2.09 bits per heavy atom. The first-order valence-electron chi connectivity index (χ1n) is 8.33. The number of allylic oxidation sites excluding steroid dienone is 2.